The second-order valence-electron chi connectivity index (χ2n) is 9.22. The molecule has 2 heterocycles. The second kappa shape index (κ2) is 9.89. The first-order valence-corrected chi connectivity index (χ1v) is 12.0. The smallest absolute Gasteiger partial charge is 0.340 e. The summed E-state index contributed by atoms with van der Waals surface area (Å²) in [7, 11) is 0. The fraction of sp³-hybridized carbons (Fsp3) is 0.167. The van der Waals surface area contributed by atoms with Crippen LogP contribution >= 0.6 is 0 Å². The van der Waals surface area contributed by atoms with Crippen LogP contribution in [0.5, 0.6) is 5.75 Å². The zero-order valence-corrected chi connectivity index (χ0v) is 20.7. The van der Waals surface area contributed by atoms with Crippen LogP contribution in [0, 0.1) is 13.8 Å². The van der Waals surface area contributed by atoms with Gasteiger partial charge in [0.05, 0.1) is 24.0 Å². The molecule has 0 aliphatic heterocycles. The molecule has 0 aliphatic carbocycles. The largest absolute Gasteiger partial charge is 0.548 e. The molecule has 38 heavy (non-hydrogen) atoms. The van der Waals surface area contributed by atoms with Crippen LogP contribution in [0.15, 0.2) is 80.4 Å². The van der Waals surface area contributed by atoms with Crippen molar-refractivity contribution in [1.29, 1.82) is 0 Å². The molecule has 1 amide bonds. The van der Waals surface area contributed by atoms with Crippen LogP contribution in [-0.4, -0.2) is 23.0 Å². The molecular weight excluding hydrogens is 486 g/mol. The first-order chi connectivity index (χ1) is 18.2. The normalized spacial score (nSPS) is 12.1. The van der Waals surface area contributed by atoms with Crippen molar-refractivity contribution in [2.24, 2.45) is 0 Å². The van der Waals surface area contributed by atoms with Crippen molar-refractivity contribution in [2.75, 3.05) is 0 Å². The molecule has 0 saturated carbocycles. The number of phenolic OH excluding ortho intramolecular Hbond substituents is 1. The van der Waals surface area contributed by atoms with E-state index in [-0.39, 0.29) is 24.2 Å². The van der Waals surface area contributed by atoms with Crippen molar-refractivity contribution >= 4 is 33.8 Å². The Morgan fingerprint density at radius 3 is 2.32 bits per heavy atom. The van der Waals surface area contributed by atoms with Gasteiger partial charge >= 0.3 is 5.63 Å². The first-order valence-electron chi connectivity index (χ1n) is 12.0. The lowest BCUT2D eigenvalue weighted by atomic mass is 9.98. The highest BCUT2D eigenvalue weighted by Gasteiger charge is 2.21. The maximum Gasteiger partial charge on any atom is 0.340 e. The summed E-state index contributed by atoms with van der Waals surface area (Å²) in [6.45, 7) is 3.60. The summed E-state index contributed by atoms with van der Waals surface area (Å²) < 4.78 is 11.5. The number of benzene rings is 3. The third-order valence-corrected chi connectivity index (χ3v) is 6.67. The summed E-state index contributed by atoms with van der Waals surface area (Å²) in [4.78, 5) is 37.3. The van der Waals surface area contributed by atoms with Gasteiger partial charge in [-0.2, -0.15) is 0 Å². The van der Waals surface area contributed by atoms with E-state index in [1.165, 1.54) is 12.1 Å². The van der Waals surface area contributed by atoms with E-state index in [2.05, 4.69) is 5.32 Å². The zero-order valence-electron chi connectivity index (χ0n) is 20.7. The highest BCUT2D eigenvalue weighted by atomic mass is 16.4. The van der Waals surface area contributed by atoms with Gasteiger partial charge in [-0.3, -0.25) is 4.79 Å². The number of phenols is 1. The van der Waals surface area contributed by atoms with Crippen LogP contribution in [0.3, 0.4) is 0 Å². The number of carbonyl (C=O) groups is 2. The van der Waals surface area contributed by atoms with Gasteiger partial charge in [0, 0.05) is 22.4 Å². The molecule has 5 rings (SSSR count). The Balaban J connectivity index is 1.47. The number of aliphatic carboxylic acids is 1. The van der Waals surface area contributed by atoms with Gasteiger partial charge < -0.3 is 29.2 Å². The van der Waals surface area contributed by atoms with E-state index in [9.17, 15) is 24.6 Å². The van der Waals surface area contributed by atoms with Gasteiger partial charge in [0.1, 0.15) is 22.7 Å². The summed E-state index contributed by atoms with van der Waals surface area (Å²) >= 11 is 0. The van der Waals surface area contributed by atoms with E-state index in [0.29, 0.717) is 27.7 Å². The number of hydrogen-bond acceptors (Lipinski definition) is 7. The Morgan fingerprint density at radius 1 is 0.947 bits per heavy atom. The van der Waals surface area contributed by atoms with Gasteiger partial charge in [-0.05, 0) is 55.2 Å². The molecule has 0 bridgehead atoms. The standard InChI is InChI=1S/C30H25NO7/c1-16-21-13-23-26(37-17(2)28(23)19-6-4-3-5-7-19)15-25(21)38-30(36)22(16)14-27(33)31-24(29(34)35)12-18-8-10-20(32)11-9-18/h3-11,13,15,24,32H,12,14H2,1-2H3,(H,31,33)(H,34,35)/p-1/t24-/m0/s1. The summed E-state index contributed by atoms with van der Waals surface area (Å²) in [6.07, 6.45) is -0.406. The Kier molecular flexibility index (Phi) is 6.46. The lowest BCUT2D eigenvalue weighted by Crippen LogP contribution is -2.49. The SMILES string of the molecule is Cc1oc2cc3oc(=O)c(CC(=O)N[C@@H](Cc4ccc(O)cc4)C(=O)[O-])c(C)c3cc2c1-c1ccccc1. The lowest BCUT2D eigenvalue weighted by molar-refractivity contribution is -0.308. The maximum atomic E-state index is 12.8. The van der Waals surface area contributed by atoms with Gasteiger partial charge in [-0.25, -0.2) is 4.79 Å². The molecule has 0 spiro atoms. The molecule has 2 N–H and O–H groups in total. The van der Waals surface area contributed by atoms with Crippen molar-refractivity contribution in [3.8, 4) is 16.9 Å². The van der Waals surface area contributed by atoms with Crippen LogP contribution in [0.2, 0.25) is 0 Å². The Morgan fingerprint density at radius 2 is 1.63 bits per heavy atom. The molecule has 0 saturated heterocycles. The number of carboxylic acid groups (broad SMARTS) is 1. The molecule has 5 aromatic rings. The van der Waals surface area contributed by atoms with E-state index in [4.69, 9.17) is 8.83 Å². The van der Waals surface area contributed by atoms with E-state index in [1.807, 2.05) is 43.3 Å². The third-order valence-electron chi connectivity index (χ3n) is 6.67. The summed E-state index contributed by atoms with van der Waals surface area (Å²) in [6, 6.07) is 18.0. The predicted octanol–water partition coefficient (Wildman–Crippen LogP) is 3.55. The van der Waals surface area contributed by atoms with Crippen LogP contribution in [0.25, 0.3) is 33.1 Å². The number of nitrogens with one attached hydrogen (secondary N) is 1. The minimum absolute atomic E-state index is 0.0417. The molecule has 0 fully saturated rings. The van der Waals surface area contributed by atoms with Crippen LogP contribution < -0.4 is 16.0 Å². The highest BCUT2D eigenvalue weighted by molar-refractivity contribution is 6.03. The van der Waals surface area contributed by atoms with Crippen LogP contribution in [0.4, 0.5) is 0 Å². The van der Waals surface area contributed by atoms with Crippen molar-refractivity contribution < 1.29 is 28.6 Å². The highest BCUT2D eigenvalue weighted by Crippen LogP contribution is 2.37. The number of aromatic hydroxyl groups is 1. The number of aryl methyl sites for hydroxylation is 2. The number of amides is 1. The number of rotatable bonds is 7. The maximum absolute atomic E-state index is 12.8. The average Bonchev–Trinajstić information content (AvgIpc) is 3.21. The van der Waals surface area contributed by atoms with Crippen LogP contribution in [0.1, 0.15) is 22.5 Å². The zero-order chi connectivity index (χ0) is 27.0. The Labute approximate surface area is 217 Å². The van der Waals surface area contributed by atoms with Crippen LogP contribution in [-0.2, 0) is 22.4 Å². The predicted molar refractivity (Wildman–Crippen MR) is 140 cm³/mol. The number of hydrogen-bond donors (Lipinski definition) is 2. The van der Waals surface area contributed by atoms with Crippen molar-refractivity contribution in [3.05, 3.63) is 99.6 Å². The average molecular weight is 511 g/mol. The quantitative estimate of drug-likeness (QED) is 0.320. The van der Waals surface area contributed by atoms with Gasteiger partial charge in [0.2, 0.25) is 5.91 Å². The summed E-state index contributed by atoms with van der Waals surface area (Å²) in [5.74, 6) is -1.35. The molecule has 0 radical (unpaired) electrons. The number of furan rings is 1. The Hall–Kier alpha value is -4.85. The molecule has 2 aromatic heterocycles. The van der Waals surface area contributed by atoms with Crippen molar-refractivity contribution in [3.63, 3.8) is 0 Å². The van der Waals surface area contributed by atoms with E-state index >= 15 is 0 Å². The number of carbonyl (C=O) groups excluding carboxylic acids is 2. The molecule has 8 heteroatoms. The molecular formula is C30H24NO7-. The minimum Gasteiger partial charge on any atom is -0.548 e. The molecule has 1 atom stereocenters. The fourth-order valence-corrected chi connectivity index (χ4v) is 4.74. The van der Waals surface area contributed by atoms with Gasteiger partial charge in [-0.1, -0.05) is 42.5 Å². The molecule has 8 nitrogen and oxygen atoms in total. The fourth-order valence-electron chi connectivity index (χ4n) is 4.74. The van der Waals surface area contributed by atoms with Crippen molar-refractivity contribution in [1.82, 2.24) is 5.32 Å². The Bertz CT molecular complexity index is 1730. The molecule has 0 unspecified atom stereocenters. The monoisotopic (exact) mass is 510 g/mol. The molecule has 0 aliphatic rings. The molecule has 3 aromatic carbocycles. The number of fused-ring (bicyclic) bond motifs is 2. The van der Waals surface area contributed by atoms with Gasteiger partial charge in [0.15, 0.2) is 0 Å². The third kappa shape index (κ3) is 4.76. The van der Waals surface area contributed by atoms with Gasteiger partial charge in [-0.15, -0.1) is 0 Å². The topological polar surface area (TPSA) is 133 Å². The summed E-state index contributed by atoms with van der Waals surface area (Å²) in [5.41, 5.74) is 3.43. The molecule has 192 valence electrons. The van der Waals surface area contributed by atoms with E-state index in [1.54, 1.807) is 25.1 Å². The second-order valence-corrected chi connectivity index (χ2v) is 9.22. The number of carboxylic acids is 1. The minimum atomic E-state index is -1.46. The van der Waals surface area contributed by atoms with Crippen molar-refractivity contribution in [2.45, 2.75) is 32.7 Å². The van der Waals surface area contributed by atoms with Gasteiger partial charge in [0.25, 0.3) is 0 Å². The van der Waals surface area contributed by atoms with E-state index in [0.717, 1.165) is 22.3 Å². The summed E-state index contributed by atoms with van der Waals surface area (Å²) in [5, 5.41) is 25.0. The first kappa shape index (κ1) is 24.8. The van der Waals surface area contributed by atoms with E-state index < -0.39 is 23.5 Å². The lowest BCUT2D eigenvalue weighted by Gasteiger charge is -2.20.